The minimum absolute atomic E-state index is 0.0591. The van der Waals surface area contributed by atoms with Crippen LogP contribution in [0.25, 0.3) is 0 Å². The average Bonchev–Trinajstić information content (AvgIpc) is 3.08. The SMILES string of the molecule is O=C(O)Cc1cccc(C2CCN(C(=O)c3cccs3)CC2)c1. The summed E-state index contributed by atoms with van der Waals surface area (Å²) in [6.45, 7) is 1.51. The lowest BCUT2D eigenvalue weighted by molar-refractivity contribution is -0.136. The number of carboxylic acid groups (broad SMARTS) is 1. The van der Waals surface area contributed by atoms with Gasteiger partial charge < -0.3 is 10.0 Å². The van der Waals surface area contributed by atoms with Crippen molar-refractivity contribution in [2.24, 2.45) is 0 Å². The van der Waals surface area contributed by atoms with E-state index in [1.165, 1.54) is 16.9 Å². The lowest BCUT2D eigenvalue weighted by Crippen LogP contribution is -2.37. The van der Waals surface area contributed by atoms with Gasteiger partial charge in [0.05, 0.1) is 11.3 Å². The van der Waals surface area contributed by atoms with E-state index in [4.69, 9.17) is 5.11 Å². The predicted octanol–water partition coefficient (Wildman–Crippen LogP) is 3.40. The van der Waals surface area contributed by atoms with Crippen LogP contribution in [0.5, 0.6) is 0 Å². The van der Waals surface area contributed by atoms with Crippen molar-refractivity contribution in [3.63, 3.8) is 0 Å². The van der Waals surface area contributed by atoms with Crippen molar-refractivity contribution in [1.82, 2.24) is 4.90 Å². The number of likely N-dealkylation sites (tertiary alicyclic amines) is 1. The molecule has 1 N–H and O–H groups in total. The highest BCUT2D eigenvalue weighted by Gasteiger charge is 2.25. The van der Waals surface area contributed by atoms with E-state index < -0.39 is 5.97 Å². The number of piperidine rings is 1. The number of benzene rings is 1. The molecule has 1 aromatic heterocycles. The molecule has 4 nitrogen and oxygen atoms in total. The summed E-state index contributed by atoms with van der Waals surface area (Å²) in [5, 5.41) is 10.8. The zero-order valence-electron chi connectivity index (χ0n) is 12.8. The van der Waals surface area contributed by atoms with Crippen LogP contribution in [-0.2, 0) is 11.2 Å². The van der Waals surface area contributed by atoms with Gasteiger partial charge in [-0.2, -0.15) is 0 Å². The van der Waals surface area contributed by atoms with E-state index in [1.807, 2.05) is 40.6 Å². The minimum Gasteiger partial charge on any atom is -0.481 e. The summed E-state index contributed by atoms with van der Waals surface area (Å²) in [4.78, 5) is 25.9. The first-order chi connectivity index (χ1) is 11.1. The summed E-state index contributed by atoms with van der Waals surface area (Å²) >= 11 is 1.48. The Morgan fingerprint density at radius 2 is 1.96 bits per heavy atom. The number of hydrogen-bond donors (Lipinski definition) is 1. The molecule has 2 aromatic rings. The molecule has 1 amide bonds. The quantitative estimate of drug-likeness (QED) is 0.935. The zero-order valence-corrected chi connectivity index (χ0v) is 13.6. The van der Waals surface area contributed by atoms with E-state index in [1.54, 1.807) is 0 Å². The molecule has 2 heterocycles. The summed E-state index contributed by atoms with van der Waals surface area (Å²) in [6.07, 6.45) is 1.91. The van der Waals surface area contributed by atoms with Crippen molar-refractivity contribution in [3.8, 4) is 0 Å². The number of amides is 1. The van der Waals surface area contributed by atoms with Gasteiger partial charge in [0, 0.05) is 13.1 Å². The maximum atomic E-state index is 12.4. The van der Waals surface area contributed by atoms with Crippen LogP contribution in [0, 0.1) is 0 Å². The monoisotopic (exact) mass is 329 g/mol. The molecule has 0 spiro atoms. The summed E-state index contributed by atoms with van der Waals surface area (Å²) < 4.78 is 0. The van der Waals surface area contributed by atoms with E-state index in [2.05, 4.69) is 6.07 Å². The van der Waals surface area contributed by atoms with Crippen LogP contribution in [0.4, 0.5) is 0 Å². The predicted molar refractivity (Wildman–Crippen MR) is 90.0 cm³/mol. The molecule has 0 radical (unpaired) electrons. The molecule has 1 saturated heterocycles. The minimum atomic E-state index is -0.807. The van der Waals surface area contributed by atoms with Gasteiger partial charge >= 0.3 is 5.97 Å². The molecule has 1 fully saturated rings. The molecule has 1 aliphatic rings. The third-order valence-electron chi connectivity index (χ3n) is 4.29. The van der Waals surface area contributed by atoms with Crippen LogP contribution in [0.2, 0.25) is 0 Å². The second-order valence-electron chi connectivity index (χ2n) is 5.86. The number of thiophene rings is 1. The third kappa shape index (κ3) is 3.79. The van der Waals surface area contributed by atoms with Gasteiger partial charge in [-0.3, -0.25) is 9.59 Å². The van der Waals surface area contributed by atoms with Crippen molar-refractivity contribution >= 4 is 23.2 Å². The van der Waals surface area contributed by atoms with Gasteiger partial charge in [-0.25, -0.2) is 0 Å². The number of carboxylic acids is 1. The molecular weight excluding hydrogens is 310 g/mol. The first-order valence-corrected chi connectivity index (χ1v) is 8.65. The number of nitrogens with zero attached hydrogens (tertiary/aromatic N) is 1. The number of hydrogen-bond acceptors (Lipinski definition) is 3. The van der Waals surface area contributed by atoms with Crippen LogP contribution >= 0.6 is 11.3 Å². The van der Waals surface area contributed by atoms with Gasteiger partial charge in [-0.15, -0.1) is 11.3 Å². The summed E-state index contributed by atoms with van der Waals surface area (Å²) in [6, 6.07) is 11.6. The summed E-state index contributed by atoms with van der Waals surface area (Å²) in [5.74, 6) is -0.285. The second kappa shape index (κ2) is 6.96. The topological polar surface area (TPSA) is 57.6 Å². The Kier molecular flexibility index (Phi) is 4.76. The fraction of sp³-hybridized carbons (Fsp3) is 0.333. The molecule has 0 aliphatic carbocycles. The maximum Gasteiger partial charge on any atom is 0.307 e. The van der Waals surface area contributed by atoms with Crippen LogP contribution < -0.4 is 0 Å². The molecule has 0 unspecified atom stereocenters. The number of carbonyl (C=O) groups excluding carboxylic acids is 1. The average molecular weight is 329 g/mol. The van der Waals surface area contributed by atoms with Crippen molar-refractivity contribution in [1.29, 1.82) is 0 Å². The summed E-state index contributed by atoms with van der Waals surface area (Å²) in [7, 11) is 0. The largest absolute Gasteiger partial charge is 0.481 e. The summed E-state index contributed by atoms with van der Waals surface area (Å²) in [5.41, 5.74) is 2.03. The van der Waals surface area contributed by atoms with Gasteiger partial charge in [-0.05, 0) is 41.3 Å². The smallest absolute Gasteiger partial charge is 0.307 e. The number of carbonyl (C=O) groups is 2. The fourth-order valence-corrected chi connectivity index (χ4v) is 3.79. The first-order valence-electron chi connectivity index (χ1n) is 7.77. The van der Waals surface area contributed by atoms with Crippen LogP contribution in [0.1, 0.15) is 39.6 Å². The molecule has 0 atom stereocenters. The van der Waals surface area contributed by atoms with Gasteiger partial charge in [0.2, 0.25) is 0 Å². The highest BCUT2D eigenvalue weighted by molar-refractivity contribution is 7.12. The number of aliphatic carboxylic acids is 1. The van der Waals surface area contributed by atoms with Crippen molar-refractivity contribution in [3.05, 3.63) is 57.8 Å². The molecule has 3 rings (SSSR count). The molecular formula is C18H19NO3S. The molecule has 0 bridgehead atoms. The third-order valence-corrected chi connectivity index (χ3v) is 5.15. The van der Waals surface area contributed by atoms with E-state index in [-0.39, 0.29) is 12.3 Å². The van der Waals surface area contributed by atoms with Crippen LogP contribution in [0.15, 0.2) is 41.8 Å². The van der Waals surface area contributed by atoms with Crippen molar-refractivity contribution < 1.29 is 14.7 Å². The van der Waals surface area contributed by atoms with Crippen molar-refractivity contribution in [2.75, 3.05) is 13.1 Å². The Hall–Kier alpha value is -2.14. The molecule has 23 heavy (non-hydrogen) atoms. The molecule has 0 saturated carbocycles. The highest BCUT2D eigenvalue weighted by atomic mass is 32.1. The molecule has 5 heteroatoms. The number of rotatable bonds is 4. The Morgan fingerprint density at radius 3 is 2.61 bits per heavy atom. The van der Waals surface area contributed by atoms with Crippen molar-refractivity contribution in [2.45, 2.75) is 25.2 Å². The lowest BCUT2D eigenvalue weighted by Gasteiger charge is -2.32. The maximum absolute atomic E-state index is 12.4. The van der Waals surface area contributed by atoms with E-state index in [0.29, 0.717) is 5.92 Å². The molecule has 1 aromatic carbocycles. The normalized spacial score (nSPS) is 15.6. The van der Waals surface area contributed by atoms with Gasteiger partial charge in [0.25, 0.3) is 5.91 Å². The van der Waals surface area contributed by atoms with Gasteiger partial charge in [-0.1, -0.05) is 30.3 Å². The van der Waals surface area contributed by atoms with E-state index in [0.717, 1.165) is 36.4 Å². The van der Waals surface area contributed by atoms with E-state index in [9.17, 15) is 9.59 Å². The molecule has 1 aliphatic heterocycles. The van der Waals surface area contributed by atoms with Crippen LogP contribution in [-0.4, -0.2) is 35.0 Å². The Balaban J connectivity index is 1.63. The zero-order chi connectivity index (χ0) is 16.2. The highest BCUT2D eigenvalue weighted by Crippen LogP contribution is 2.29. The fourth-order valence-electron chi connectivity index (χ4n) is 3.10. The Labute approximate surface area is 139 Å². The second-order valence-corrected chi connectivity index (χ2v) is 6.81. The van der Waals surface area contributed by atoms with E-state index >= 15 is 0 Å². The lowest BCUT2D eigenvalue weighted by atomic mass is 9.88. The standard InChI is InChI=1S/C18H19NO3S/c20-17(21)12-13-3-1-4-15(11-13)14-6-8-19(9-7-14)18(22)16-5-2-10-23-16/h1-5,10-11,14H,6-9,12H2,(H,20,21). The van der Waals surface area contributed by atoms with Gasteiger partial charge in [0.15, 0.2) is 0 Å². The van der Waals surface area contributed by atoms with Gasteiger partial charge in [0.1, 0.15) is 0 Å². The Morgan fingerprint density at radius 1 is 1.17 bits per heavy atom. The molecule has 120 valence electrons. The Bertz CT molecular complexity index is 688. The first kappa shape index (κ1) is 15.7. The van der Waals surface area contributed by atoms with Crippen LogP contribution in [0.3, 0.4) is 0 Å².